The zero-order valence-electron chi connectivity index (χ0n) is 11.0. The van der Waals surface area contributed by atoms with Gasteiger partial charge in [0.1, 0.15) is 11.0 Å². The molecular weight excluding hydrogens is 310 g/mol. The molecule has 104 valence electrons. The molecule has 0 aliphatic rings. The van der Waals surface area contributed by atoms with Gasteiger partial charge in [-0.15, -0.1) is 11.3 Å². The van der Waals surface area contributed by atoms with Crippen molar-refractivity contribution in [3.63, 3.8) is 0 Å². The summed E-state index contributed by atoms with van der Waals surface area (Å²) >= 11 is 9.35. The van der Waals surface area contributed by atoms with Crippen molar-refractivity contribution in [1.29, 1.82) is 0 Å². The first-order valence-corrected chi connectivity index (χ1v) is 8.42. The summed E-state index contributed by atoms with van der Waals surface area (Å²) in [6.45, 7) is 4.11. The van der Waals surface area contributed by atoms with E-state index in [9.17, 15) is 0 Å². The second kappa shape index (κ2) is 6.18. The van der Waals surface area contributed by atoms with E-state index in [-0.39, 0.29) is 0 Å². The fourth-order valence-corrected chi connectivity index (χ4v) is 3.95. The lowest BCUT2D eigenvalue weighted by atomic mass is 10.1. The molecule has 2 aromatic heterocycles. The van der Waals surface area contributed by atoms with E-state index in [0.717, 1.165) is 46.0 Å². The molecule has 0 unspecified atom stereocenters. The molecule has 3 rings (SSSR count). The molecule has 0 fully saturated rings. The number of nitrogens with one attached hydrogen (secondary N) is 1. The third kappa shape index (κ3) is 2.72. The van der Waals surface area contributed by atoms with Crippen LogP contribution in [0.3, 0.4) is 0 Å². The smallest absolute Gasteiger partial charge is 0.114 e. The Kier molecular flexibility index (Phi) is 4.31. The van der Waals surface area contributed by atoms with Gasteiger partial charge in [-0.25, -0.2) is 0 Å². The Morgan fingerprint density at radius 1 is 1.20 bits per heavy atom. The number of thiophene rings is 1. The van der Waals surface area contributed by atoms with E-state index in [1.807, 2.05) is 12.1 Å². The number of fused-ring (bicyclic) bond motifs is 1. The summed E-state index contributed by atoms with van der Waals surface area (Å²) < 4.78 is 8.66. The average molecular weight is 324 g/mol. The molecule has 20 heavy (non-hydrogen) atoms. The second-order valence-electron chi connectivity index (χ2n) is 4.50. The summed E-state index contributed by atoms with van der Waals surface area (Å²) in [6, 6.07) is 8.09. The highest BCUT2D eigenvalue weighted by molar-refractivity contribution is 7.15. The number of nitrogens with zero attached hydrogens (tertiary/aromatic N) is 2. The van der Waals surface area contributed by atoms with Crippen molar-refractivity contribution in [2.75, 3.05) is 6.54 Å². The van der Waals surface area contributed by atoms with Crippen molar-refractivity contribution in [2.24, 2.45) is 0 Å². The van der Waals surface area contributed by atoms with Crippen LogP contribution in [0.1, 0.15) is 18.2 Å². The Hall–Kier alpha value is -1.01. The van der Waals surface area contributed by atoms with Crippen LogP contribution in [0.4, 0.5) is 0 Å². The number of aromatic nitrogens is 2. The predicted molar refractivity (Wildman–Crippen MR) is 87.7 cm³/mol. The van der Waals surface area contributed by atoms with Gasteiger partial charge in [0.25, 0.3) is 0 Å². The lowest BCUT2D eigenvalue weighted by Crippen LogP contribution is -2.12. The Labute approximate surface area is 130 Å². The van der Waals surface area contributed by atoms with Gasteiger partial charge in [-0.3, -0.25) is 0 Å². The van der Waals surface area contributed by atoms with Gasteiger partial charge in [0.2, 0.25) is 0 Å². The van der Waals surface area contributed by atoms with E-state index >= 15 is 0 Å². The van der Waals surface area contributed by atoms with Crippen LogP contribution < -0.4 is 5.32 Å². The summed E-state index contributed by atoms with van der Waals surface area (Å²) in [6.07, 6.45) is 1.15. The van der Waals surface area contributed by atoms with Crippen LogP contribution in [0.2, 0.25) is 5.02 Å². The van der Waals surface area contributed by atoms with E-state index < -0.39 is 0 Å². The van der Waals surface area contributed by atoms with Crippen molar-refractivity contribution in [3.05, 3.63) is 34.2 Å². The molecule has 1 N–H and O–H groups in total. The molecule has 3 aromatic rings. The van der Waals surface area contributed by atoms with Crippen LogP contribution in [0.5, 0.6) is 0 Å². The molecule has 1 aromatic carbocycles. The van der Waals surface area contributed by atoms with Crippen molar-refractivity contribution in [1.82, 2.24) is 14.1 Å². The van der Waals surface area contributed by atoms with Gasteiger partial charge in [-0.2, -0.15) is 8.75 Å². The minimum Gasteiger partial charge on any atom is -0.312 e. The van der Waals surface area contributed by atoms with Gasteiger partial charge in [0.15, 0.2) is 0 Å². The normalized spacial score (nSPS) is 11.3. The Bertz CT molecular complexity index is 720. The molecule has 0 atom stereocenters. The van der Waals surface area contributed by atoms with Gasteiger partial charge < -0.3 is 5.32 Å². The molecule has 0 aliphatic carbocycles. The van der Waals surface area contributed by atoms with Crippen molar-refractivity contribution >= 4 is 45.7 Å². The molecule has 3 nitrogen and oxygen atoms in total. The lowest BCUT2D eigenvalue weighted by molar-refractivity contribution is 0.681. The number of hydrogen-bond acceptors (Lipinski definition) is 5. The van der Waals surface area contributed by atoms with Crippen molar-refractivity contribution in [3.8, 4) is 10.4 Å². The quantitative estimate of drug-likeness (QED) is 0.699. The highest BCUT2D eigenvalue weighted by Gasteiger charge is 2.13. The average Bonchev–Trinajstić information content (AvgIpc) is 3.08. The van der Waals surface area contributed by atoms with E-state index in [2.05, 4.69) is 33.1 Å². The zero-order valence-corrected chi connectivity index (χ0v) is 13.4. The van der Waals surface area contributed by atoms with Gasteiger partial charge >= 0.3 is 0 Å². The Morgan fingerprint density at radius 2 is 2.10 bits per heavy atom. The summed E-state index contributed by atoms with van der Waals surface area (Å²) in [5.74, 6) is 0. The molecular formula is C14H14ClN3S2. The predicted octanol–water partition coefficient (Wildman–Crippen LogP) is 4.57. The van der Waals surface area contributed by atoms with E-state index in [0.29, 0.717) is 0 Å². The molecule has 0 bridgehead atoms. The van der Waals surface area contributed by atoms with Crippen LogP contribution in [0.25, 0.3) is 21.5 Å². The molecule has 6 heteroatoms. The van der Waals surface area contributed by atoms with E-state index in [1.165, 1.54) is 16.6 Å². The Morgan fingerprint density at radius 3 is 2.95 bits per heavy atom. The first kappa shape index (κ1) is 13.9. The highest BCUT2D eigenvalue weighted by atomic mass is 35.5. The molecule has 0 saturated carbocycles. The van der Waals surface area contributed by atoms with Gasteiger partial charge in [0.05, 0.1) is 16.8 Å². The number of hydrogen-bond donors (Lipinski definition) is 1. The van der Waals surface area contributed by atoms with Crippen LogP contribution in [0, 0.1) is 0 Å². The summed E-state index contributed by atoms with van der Waals surface area (Å²) in [5, 5.41) is 4.15. The maximum Gasteiger partial charge on any atom is 0.114 e. The van der Waals surface area contributed by atoms with Gasteiger partial charge in [-0.1, -0.05) is 18.5 Å². The monoisotopic (exact) mass is 323 g/mol. The maximum atomic E-state index is 6.36. The number of halogens is 1. The van der Waals surface area contributed by atoms with Crippen LogP contribution in [-0.4, -0.2) is 15.3 Å². The summed E-state index contributed by atoms with van der Waals surface area (Å²) in [4.78, 5) is 2.46. The second-order valence-corrected chi connectivity index (χ2v) is 6.60. The van der Waals surface area contributed by atoms with Crippen LogP contribution in [0.15, 0.2) is 24.3 Å². The Balaban J connectivity index is 1.95. The molecule has 2 heterocycles. The standard InChI is InChI=1S/C14H14ClN3S2/c1-2-7-16-8-9-3-6-12(19-9)13-10(15)4-5-11-14(13)18-20-17-11/h3-6,16H,2,7-8H2,1H3. The number of benzene rings is 1. The first-order chi connectivity index (χ1) is 9.79. The van der Waals surface area contributed by atoms with Crippen LogP contribution >= 0.6 is 34.7 Å². The molecule has 0 aliphatic heterocycles. The van der Waals surface area contributed by atoms with Crippen molar-refractivity contribution in [2.45, 2.75) is 19.9 Å². The van der Waals surface area contributed by atoms with Gasteiger partial charge in [0, 0.05) is 21.9 Å². The zero-order chi connectivity index (χ0) is 13.9. The van der Waals surface area contributed by atoms with E-state index in [4.69, 9.17) is 11.6 Å². The molecule has 0 spiro atoms. The summed E-state index contributed by atoms with van der Waals surface area (Å²) in [7, 11) is 0. The van der Waals surface area contributed by atoms with E-state index in [1.54, 1.807) is 11.3 Å². The SMILES string of the molecule is CCCNCc1ccc(-c2c(Cl)ccc3nsnc23)s1. The third-order valence-electron chi connectivity index (χ3n) is 3.01. The lowest BCUT2D eigenvalue weighted by Gasteiger charge is -2.02. The fraction of sp³-hybridized carbons (Fsp3) is 0.286. The summed E-state index contributed by atoms with van der Waals surface area (Å²) in [5.41, 5.74) is 2.82. The number of rotatable bonds is 5. The molecule has 0 amide bonds. The van der Waals surface area contributed by atoms with Gasteiger partial charge in [-0.05, 0) is 37.2 Å². The highest BCUT2D eigenvalue weighted by Crippen LogP contribution is 2.38. The third-order valence-corrected chi connectivity index (χ3v) is 4.97. The van der Waals surface area contributed by atoms with Crippen molar-refractivity contribution < 1.29 is 0 Å². The molecule has 0 saturated heterocycles. The maximum absolute atomic E-state index is 6.36. The molecule has 0 radical (unpaired) electrons. The topological polar surface area (TPSA) is 37.8 Å². The fourth-order valence-electron chi connectivity index (χ4n) is 2.06. The first-order valence-electron chi connectivity index (χ1n) is 6.50. The largest absolute Gasteiger partial charge is 0.312 e. The minimum atomic E-state index is 0.736. The minimum absolute atomic E-state index is 0.736. The van der Waals surface area contributed by atoms with Crippen LogP contribution in [-0.2, 0) is 6.54 Å².